The number of benzene rings is 2. The fourth-order valence-corrected chi connectivity index (χ4v) is 3.11. The summed E-state index contributed by atoms with van der Waals surface area (Å²) in [6, 6.07) is 13.6. The molecule has 3 aromatic rings. The van der Waals surface area contributed by atoms with E-state index in [0.29, 0.717) is 5.02 Å². The van der Waals surface area contributed by atoms with E-state index >= 15 is 0 Å². The van der Waals surface area contributed by atoms with Gasteiger partial charge in [0.25, 0.3) is 0 Å². The third-order valence-corrected chi connectivity index (χ3v) is 4.40. The normalized spacial score (nSPS) is 12.5. The first-order chi connectivity index (χ1) is 10.2. The van der Waals surface area contributed by atoms with Crippen molar-refractivity contribution in [2.75, 3.05) is 0 Å². The molecule has 5 heteroatoms. The lowest BCUT2D eigenvalue weighted by molar-refractivity contribution is 0.637. The van der Waals surface area contributed by atoms with Gasteiger partial charge in [-0.15, -0.1) is 0 Å². The number of aromatic nitrogens is 1. The predicted molar refractivity (Wildman–Crippen MR) is 90.1 cm³/mol. The molecule has 0 fully saturated rings. The second-order valence-corrected chi connectivity index (χ2v) is 6.01. The second-order valence-electron chi connectivity index (χ2n) is 4.72. The van der Waals surface area contributed by atoms with Crippen molar-refractivity contribution in [2.24, 2.45) is 5.84 Å². The first-order valence-electron chi connectivity index (χ1n) is 6.44. The Morgan fingerprint density at radius 3 is 2.71 bits per heavy atom. The lowest BCUT2D eigenvalue weighted by Gasteiger charge is -2.20. The van der Waals surface area contributed by atoms with Crippen LogP contribution in [0.1, 0.15) is 17.2 Å². The van der Waals surface area contributed by atoms with Gasteiger partial charge in [-0.25, -0.2) is 5.43 Å². The molecule has 1 unspecified atom stereocenters. The molecule has 0 amide bonds. The van der Waals surface area contributed by atoms with Gasteiger partial charge in [-0.3, -0.25) is 10.8 Å². The Hall–Kier alpha value is -1.46. The molecular weight excluding hydrogens is 350 g/mol. The zero-order valence-corrected chi connectivity index (χ0v) is 13.4. The molecule has 21 heavy (non-hydrogen) atoms. The first kappa shape index (κ1) is 14.5. The van der Waals surface area contributed by atoms with Gasteiger partial charge < -0.3 is 0 Å². The van der Waals surface area contributed by atoms with Crippen LogP contribution in [-0.4, -0.2) is 4.98 Å². The zero-order chi connectivity index (χ0) is 14.8. The quantitative estimate of drug-likeness (QED) is 0.542. The molecule has 1 atom stereocenters. The number of hydrogen-bond donors (Lipinski definition) is 2. The molecule has 0 saturated heterocycles. The van der Waals surface area contributed by atoms with Crippen molar-refractivity contribution in [3.8, 4) is 0 Å². The fourth-order valence-electron chi connectivity index (χ4n) is 2.45. The monoisotopic (exact) mass is 361 g/mol. The molecule has 3 nitrogen and oxygen atoms in total. The highest BCUT2D eigenvalue weighted by molar-refractivity contribution is 9.10. The van der Waals surface area contributed by atoms with Crippen LogP contribution in [0.4, 0.5) is 0 Å². The number of fused-ring (bicyclic) bond motifs is 1. The largest absolute Gasteiger partial charge is 0.271 e. The average Bonchev–Trinajstić information content (AvgIpc) is 2.51. The maximum atomic E-state index is 6.12. The summed E-state index contributed by atoms with van der Waals surface area (Å²) in [6.07, 6.45) is 3.68. The van der Waals surface area contributed by atoms with Crippen LogP contribution in [-0.2, 0) is 0 Å². The van der Waals surface area contributed by atoms with Crippen LogP contribution >= 0.6 is 27.5 Å². The summed E-state index contributed by atoms with van der Waals surface area (Å²) in [5.74, 6) is 5.81. The van der Waals surface area contributed by atoms with Gasteiger partial charge in [0.15, 0.2) is 0 Å². The molecule has 3 rings (SSSR count). The fraction of sp³-hybridized carbons (Fsp3) is 0.0625. The van der Waals surface area contributed by atoms with Gasteiger partial charge in [-0.2, -0.15) is 0 Å². The lowest BCUT2D eigenvalue weighted by Crippen LogP contribution is -2.29. The van der Waals surface area contributed by atoms with Crippen LogP contribution in [0.5, 0.6) is 0 Å². The van der Waals surface area contributed by atoms with Crippen molar-refractivity contribution in [3.05, 3.63) is 75.5 Å². The standard InChI is InChI=1S/C16H13BrClN3/c17-15-6-5-11(18)7-13(15)16(21-19)14-9-20-8-10-3-1-2-4-12(10)14/h1-9,16,21H,19H2. The van der Waals surface area contributed by atoms with Crippen LogP contribution in [0.15, 0.2) is 59.3 Å². The van der Waals surface area contributed by atoms with E-state index in [1.165, 1.54) is 0 Å². The zero-order valence-electron chi connectivity index (χ0n) is 11.1. The topological polar surface area (TPSA) is 50.9 Å². The summed E-state index contributed by atoms with van der Waals surface area (Å²) in [6.45, 7) is 0. The van der Waals surface area contributed by atoms with Crippen LogP contribution in [0.2, 0.25) is 5.02 Å². The minimum atomic E-state index is -0.198. The third kappa shape index (κ3) is 2.80. The van der Waals surface area contributed by atoms with E-state index in [1.807, 2.05) is 48.8 Å². The summed E-state index contributed by atoms with van der Waals surface area (Å²) >= 11 is 9.68. The van der Waals surface area contributed by atoms with E-state index < -0.39 is 0 Å². The molecule has 0 aliphatic rings. The van der Waals surface area contributed by atoms with Gasteiger partial charge in [-0.05, 0) is 29.1 Å². The van der Waals surface area contributed by atoms with E-state index in [0.717, 1.165) is 26.4 Å². The van der Waals surface area contributed by atoms with E-state index in [1.54, 1.807) is 0 Å². The minimum absolute atomic E-state index is 0.198. The van der Waals surface area contributed by atoms with Crippen LogP contribution < -0.4 is 11.3 Å². The van der Waals surface area contributed by atoms with Gasteiger partial charge >= 0.3 is 0 Å². The molecule has 3 N–H and O–H groups in total. The Morgan fingerprint density at radius 2 is 1.90 bits per heavy atom. The van der Waals surface area contributed by atoms with Gasteiger partial charge in [-0.1, -0.05) is 51.8 Å². The van der Waals surface area contributed by atoms with Gasteiger partial charge in [0.2, 0.25) is 0 Å². The van der Waals surface area contributed by atoms with E-state index in [4.69, 9.17) is 17.4 Å². The van der Waals surface area contributed by atoms with E-state index in [-0.39, 0.29) is 6.04 Å². The summed E-state index contributed by atoms with van der Waals surface area (Å²) in [4.78, 5) is 4.32. The van der Waals surface area contributed by atoms with Crippen molar-refractivity contribution >= 4 is 38.3 Å². The van der Waals surface area contributed by atoms with E-state index in [9.17, 15) is 0 Å². The minimum Gasteiger partial charge on any atom is -0.271 e. The number of halogens is 2. The molecule has 1 aromatic heterocycles. The van der Waals surface area contributed by atoms with Gasteiger partial charge in [0, 0.05) is 32.8 Å². The number of rotatable bonds is 3. The third-order valence-electron chi connectivity index (χ3n) is 3.45. The Kier molecular flexibility index (Phi) is 4.22. The molecule has 1 heterocycles. The molecule has 2 aromatic carbocycles. The molecule has 0 spiro atoms. The lowest BCUT2D eigenvalue weighted by atomic mass is 9.96. The Bertz CT molecular complexity index is 786. The SMILES string of the molecule is NNC(c1cc(Cl)ccc1Br)c1cncc2ccccc12. The van der Waals surface area contributed by atoms with Crippen LogP contribution in [0, 0.1) is 0 Å². The second kappa shape index (κ2) is 6.12. The highest BCUT2D eigenvalue weighted by atomic mass is 79.9. The van der Waals surface area contributed by atoms with Gasteiger partial charge in [0.05, 0.1) is 6.04 Å². The maximum absolute atomic E-state index is 6.12. The number of hydrogen-bond acceptors (Lipinski definition) is 3. The number of nitrogens with one attached hydrogen (secondary N) is 1. The summed E-state index contributed by atoms with van der Waals surface area (Å²) in [5, 5.41) is 2.86. The molecule has 0 saturated carbocycles. The number of nitrogens with zero attached hydrogens (tertiary/aromatic N) is 1. The van der Waals surface area contributed by atoms with Gasteiger partial charge in [0.1, 0.15) is 0 Å². The summed E-state index contributed by atoms with van der Waals surface area (Å²) in [5.41, 5.74) is 4.85. The van der Waals surface area contributed by atoms with Crippen molar-refractivity contribution in [1.82, 2.24) is 10.4 Å². The number of hydrazine groups is 1. The Labute approximate surface area is 136 Å². The molecule has 0 bridgehead atoms. The van der Waals surface area contributed by atoms with Crippen molar-refractivity contribution in [3.63, 3.8) is 0 Å². The number of pyridine rings is 1. The predicted octanol–water partition coefficient (Wildman–Crippen LogP) is 4.20. The molecule has 0 aliphatic heterocycles. The van der Waals surface area contributed by atoms with Crippen LogP contribution in [0.25, 0.3) is 10.8 Å². The van der Waals surface area contributed by atoms with E-state index in [2.05, 4.69) is 32.4 Å². The van der Waals surface area contributed by atoms with Crippen molar-refractivity contribution < 1.29 is 0 Å². The number of nitrogens with two attached hydrogens (primary N) is 1. The summed E-state index contributed by atoms with van der Waals surface area (Å²) in [7, 11) is 0. The Morgan fingerprint density at radius 1 is 1.10 bits per heavy atom. The highest BCUT2D eigenvalue weighted by Gasteiger charge is 2.18. The molecular formula is C16H13BrClN3. The Balaban J connectivity index is 2.21. The average molecular weight is 363 g/mol. The smallest absolute Gasteiger partial charge is 0.0742 e. The van der Waals surface area contributed by atoms with Crippen LogP contribution in [0.3, 0.4) is 0 Å². The first-order valence-corrected chi connectivity index (χ1v) is 7.61. The maximum Gasteiger partial charge on any atom is 0.0742 e. The summed E-state index contributed by atoms with van der Waals surface area (Å²) < 4.78 is 0.947. The molecule has 0 radical (unpaired) electrons. The molecule has 0 aliphatic carbocycles. The van der Waals surface area contributed by atoms with Crippen molar-refractivity contribution in [1.29, 1.82) is 0 Å². The van der Waals surface area contributed by atoms with Crippen molar-refractivity contribution in [2.45, 2.75) is 6.04 Å². The highest BCUT2D eigenvalue weighted by Crippen LogP contribution is 2.33. The molecule has 106 valence electrons.